The summed E-state index contributed by atoms with van der Waals surface area (Å²) in [6.45, 7) is 15.1. The van der Waals surface area contributed by atoms with Crippen molar-refractivity contribution in [1.82, 2.24) is 25.1 Å². The first-order valence-electron chi connectivity index (χ1n) is 6.59. The Bertz CT molecular complexity index is 477. The van der Waals surface area contributed by atoms with Gasteiger partial charge in [0.15, 0.2) is 0 Å². The van der Waals surface area contributed by atoms with Gasteiger partial charge in [-0.15, -0.1) is 5.10 Å². The predicted octanol–water partition coefficient (Wildman–Crippen LogP) is 1.94. The van der Waals surface area contributed by atoms with Gasteiger partial charge in [-0.25, -0.2) is 4.68 Å². The standard InChI is InChI=1S/C13H23N5OS/c1-7-17(8-10(2)3)11(19)9-20-12-14-15-16-18(12)13(4,5)6/h2,7-9H2,1,3-6H3. The first kappa shape index (κ1) is 16.7. The minimum atomic E-state index is -0.197. The predicted molar refractivity (Wildman–Crippen MR) is 80.6 cm³/mol. The molecule has 0 bridgehead atoms. The molecule has 20 heavy (non-hydrogen) atoms. The number of rotatable bonds is 6. The molecule has 1 heterocycles. The Balaban J connectivity index is 2.65. The van der Waals surface area contributed by atoms with Crippen molar-refractivity contribution in [1.29, 1.82) is 0 Å². The smallest absolute Gasteiger partial charge is 0.233 e. The summed E-state index contributed by atoms with van der Waals surface area (Å²) in [4.78, 5) is 13.9. The Morgan fingerprint density at radius 1 is 1.45 bits per heavy atom. The van der Waals surface area contributed by atoms with Crippen LogP contribution >= 0.6 is 11.8 Å². The Morgan fingerprint density at radius 2 is 2.10 bits per heavy atom. The van der Waals surface area contributed by atoms with Crippen molar-refractivity contribution in [2.24, 2.45) is 0 Å². The molecule has 0 N–H and O–H groups in total. The molecule has 1 rings (SSSR count). The maximum absolute atomic E-state index is 12.2. The van der Waals surface area contributed by atoms with Crippen LogP contribution in [0.25, 0.3) is 0 Å². The highest BCUT2D eigenvalue weighted by Crippen LogP contribution is 2.21. The largest absolute Gasteiger partial charge is 0.338 e. The van der Waals surface area contributed by atoms with Crippen LogP contribution in [-0.4, -0.2) is 49.9 Å². The average molecular weight is 297 g/mol. The Kier molecular flexibility index (Phi) is 5.74. The van der Waals surface area contributed by atoms with Crippen molar-refractivity contribution in [3.63, 3.8) is 0 Å². The molecule has 0 atom stereocenters. The number of thioether (sulfide) groups is 1. The summed E-state index contributed by atoms with van der Waals surface area (Å²) in [5, 5.41) is 12.3. The van der Waals surface area contributed by atoms with Crippen LogP contribution in [-0.2, 0) is 10.3 Å². The van der Waals surface area contributed by atoms with Crippen LogP contribution in [0.3, 0.4) is 0 Å². The van der Waals surface area contributed by atoms with Gasteiger partial charge in [-0.05, 0) is 45.0 Å². The zero-order valence-corrected chi connectivity index (χ0v) is 13.7. The summed E-state index contributed by atoms with van der Waals surface area (Å²) < 4.78 is 1.74. The van der Waals surface area contributed by atoms with Gasteiger partial charge in [-0.3, -0.25) is 4.79 Å². The molecule has 0 saturated carbocycles. The molecule has 112 valence electrons. The van der Waals surface area contributed by atoms with Crippen molar-refractivity contribution in [2.75, 3.05) is 18.8 Å². The fourth-order valence-corrected chi connectivity index (χ4v) is 2.57. The van der Waals surface area contributed by atoms with Crippen molar-refractivity contribution in [2.45, 2.75) is 45.3 Å². The molecule has 0 aromatic carbocycles. The van der Waals surface area contributed by atoms with E-state index in [2.05, 4.69) is 22.1 Å². The third-order valence-corrected chi connectivity index (χ3v) is 3.50. The number of amides is 1. The molecular weight excluding hydrogens is 274 g/mol. The Labute approximate surface area is 124 Å². The number of aromatic nitrogens is 4. The fourth-order valence-electron chi connectivity index (χ4n) is 1.61. The van der Waals surface area contributed by atoms with Crippen LogP contribution in [0.4, 0.5) is 0 Å². The molecular formula is C13H23N5OS. The molecule has 0 saturated heterocycles. The molecule has 7 heteroatoms. The fraction of sp³-hybridized carbons (Fsp3) is 0.692. The van der Waals surface area contributed by atoms with Crippen molar-refractivity contribution in [3.8, 4) is 0 Å². The van der Waals surface area contributed by atoms with E-state index >= 15 is 0 Å². The second-order valence-corrected chi connectivity index (χ2v) is 6.64. The van der Waals surface area contributed by atoms with Crippen molar-refractivity contribution >= 4 is 17.7 Å². The third kappa shape index (κ3) is 4.63. The van der Waals surface area contributed by atoms with Gasteiger partial charge >= 0.3 is 0 Å². The van der Waals surface area contributed by atoms with E-state index in [-0.39, 0.29) is 11.4 Å². The quantitative estimate of drug-likeness (QED) is 0.593. The summed E-state index contributed by atoms with van der Waals surface area (Å²) in [5.41, 5.74) is 0.779. The summed E-state index contributed by atoms with van der Waals surface area (Å²) in [6, 6.07) is 0. The summed E-state index contributed by atoms with van der Waals surface area (Å²) >= 11 is 1.37. The van der Waals surface area contributed by atoms with Gasteiger partial charge in [0.25, 0.3) is 0 Å². The van der Waals surface area contributed by atoms with Crippen molar-refractivity contribution < 1.29 is 4.79 Å². The molecule has 1 aromatic heterocycles. The first-order chi connectivity index (χ1) is 9.25. The number of hydrogen-bond acceptors (Lipinski definition) is 5. The van der Waals surface area contributed by atoms with Gasteiger partial charge in [-0.1, -0.05) is 23.9 Å². The van der Waals surface area contributed by atoms with Crippen molar-refractivity contribution in [3.05, 3.63) is 12.2 Å². The van der Waals surface area contributed by atoms with E-state index < -0.39 is 0 Å². The first-order valence-corrected chi connectivity index (χ1v) is 7.58. The molecule has 1 amide bonds. The van der Waals surface area contributed by atoms with Gasteiger partial charge in [0.2, 0.25) is 11.1 Å². The van der Waals surface area contributed by atoms with E-state index in [4.69, 9.17) is 0 Å². The lowest BCUT2D eigenvalue weighted by Gasteiger charge is -2.22. The maximum Gasteiger partial charge on any atom is 0.233 e. The minimum Gasteiger partial charge on any atom is -0.338 e. The maximum atomic E-state index is 12.2. The van der Waals surface area contributed by atoms with Gasteiger partial charge in [0.1, 0.15) is 0 Å². The Morgan fingerprint density at radius 3 is 2.60 bits per heavy atom. The van der Waals surface area contributed by atoms with Crippen LogP contribution in [0.15, 0.2) is 17.3 Å². The molecule has 0 spiro atoms. The molecule has 0 radical (unpaired) electrons. The second kappa shape index (κ2) is 6.88. The molecule has 0 aliphatic heterocycles. The van der Waals surface area contributed by atoms with E-state index in [0.29, 0.717) is 24.0 Å². The highest BCUT2D eigenvalue weighted by molar-refractivity contribution is 7.99. The van der Waals surface area contributed by atoms with Gasteiger partial charge in [0.05, 0.1) is 11.3 Å². The van der Waals surface area contributed by atoms with E-state index in [1.807, 2.05) is 34.6 Å². The van der Waals surface area contributed by atoms with E-state index in [1.54, 1.807) is 9.58 Å². The van der Waals surface area contributed by atoms with E-state index in [9.17, 15) is 4.79 Å². The highest BCUT2D eigenvalue weighted by Gasteiger charge is 2.21. The number of nitrogens with zero attached hydrogens (tertiary/aromatic N) is 5. The van der Waals surface area contributed by atoms with Crippen LogP contribution in [0.5, 0.6) is 0 Å². The van der Waals surface area contributed by atoms with Crippen LogP contribution < -0.4 is 0 Å². The molecule has 0 unspecified atom stereocenters. The molecule has 1 aromatic rings. The summed E-state index contributed by atoms with van der Waals surface area (Å²) in [6.07, 6.45) is 0. The monoisotopic (exact) mass is 297 g/mol. The highest BCUT2D eigenvalue weighted by atomic mass is 32.2. The van der Waals surface area contributed by atoms with Crippen LogP contribution in [0.1, 0.15) is 34.6 Å². The Hall–Kier alpha value is -1.37. The minimum absolute atomic E-state index is 0.0731. The van der Waals surface area contributed by atoms with Gasteiger partial charge < -0.3 is 4.90 Å². The third-order valence-electron chi connectivity index (χ3n) is 2.60. The lowest BCUT2D eigenvalue weighted by atomic mass is 10.1. The molecule has 0 aliphatic rings. The number of likely N-dealkylation sites (N-methyl/N-ethyl adjacent to an activating group) is 1. The number of carbonyl (C=O) groups is 1. The number of hydrogen-bond donors (Lipinski definition) is 0. The number of tetrazole rings is 1. The topological polar surface area (TPSA) is 63.9 Å². The average Bonchev–Trinajstić information content (AvgIpc) is 2.80. The van der Waals surface area contributed by atoms with E-state index in [0.717, 1.165) is 5.57 Å². The zero-order valence-electron chi connectivity index (χ0n) is 12.9. The van der Waals surface area contributed by atoms with E-state index in [1.165, 1.54) is 11.8 Å². The zero-order chi connectivity index (χ0) is 15.3. The molecule has 0 aliphatic carbocycles. The normalized spacial score (nSPS) is 11.4. The SMILES string of the molecule is C=C(C)CN(CC)C(=O)CSc1nnnn1C(C)(C)C. The van der Waals surface area contributed by atoms with Gasteiger partial charge in [-0.2, -0.15) is 0 Å². The van der Waals surface area contributed by atoms with Gasteiger partial charge in [0, 0.05) is 13.1 Å². The lowest BCUT2D eigenvalue weighted by Crippen LogP contribution is -2.33. The molecule has 0 fully saturated rings. The van der Waals surface area contributed by atoms with Crippen LogP contribution in [0.2, 0.25) is 0 Å². The van der Waals surface area contributed by atoms with Crippen LogP contribution in [0, 0.1) is 0 Å². The summed E-state index contributed by atoms with van der Waals surface area (Å²) in [5.74, 6) is 0.404. The molecule has 6 nitrogen and oxygen atoms in total. The second-order valence-electron chi connectivity index (χ2n) is 5.70. The summed E-state index contributed by atoms with van der Waals surface area (Å²) in [7, 11) is 0. The number of carbonyl (C=O) groups excluding carboxylic acids is 1. The lowest BCUT2D eigenvalue weighted by molar-refractivity contribution is -0.127.